The molecule has 3 aliphatic carbocycles. The summed E-state index contributed by atoms with van der Waals surface area (Å²) in [5.41, 5.74) is 0. The number of aliphatic hydroxyl groups excluding tert-OH is 1. The maximum Gasteiger partial charge on any atom is 0.310 e. The molecule has 3 rings (SSSR count). The van der Waals surface area contributed by atoms with Crippen LogP contribution in [-0.2, 0) is 14.3 Å². The van der Waals surface area contributed by atoms with Crippen molar-refractivity contribution in [1.82, 2.24) is 0 Å². The lowest BCUT2D eigenvalue weighted by molar-refractivity contribution is -0.165. The largest absolute Gasteiger partial charge is 0.481 e. The number of hydrogen-bond acceptors (Lipinski definition) is 4. The molecule has 104 valence electrons. The topological polar surface area (TPSA) is 83.8 Å². The first-order valence-corrected chi connectivity index (χ1v) is 6.87. The fourth-order valence-electron chi connectivity index (χ4n) is 3.75. The molecule has 0 spiro atoms. The van der Waals surface area contributed by atoms with Gasteiger partial charge in [0.15, 0.2) is 0 Å². The second-order valence-corrected chi connectivity index (χ2v) is 5.81. The molecule has 0 heterocycles. The van der Waals surface area contributed by atoms with Crippen molar-refractivity contribution in [2.45, 2.75) is 37.9 Å². The zero-order valence-electron chi connectivity index (χ0n) is 10.6. The highest BCUT2D eigenvalue weighted by Crippen LogP contribution is 2.48. The average molecular weight is 266 g/mol. The molecule has 6 unspecified atom stereocenters. The van der Waals surface area contributed by atoms with E-state index in [0.29, 0.717) is 12.8 Å². The van der Waals surface area contributed by atoms with Crippen LogP contribution in [0.1, 0.15) is 25.7 Å². The Kier molecular flexibility index (Phi) is 3.09. The van der Waals surface area contributed by atoms with Crippen LogP contribution in [0.15, 0.2) is 12.2 Å². The summed E-state index contributed by atoms with van der Waals surface area (Å²) in [6, 6.07) is 0. The predicted octanol–water partition coefficient (Wildman–Crippen LogP) is 0.966. The van der Waals surface area contributed by atoms with Crippen LogP contribution in [0.4, 0.5) is 0 Å². The number of hydrogen-bond donors (Lipinski definition) is 2. The lowest BCUT2D eigenvalue weighted by atomic mass is 9.83. The Bertz CT molecular complexity index is 430. The minimum Gasteiger partial charge on any atom is -0.481 e. The van der Waals surface area contributed by atoms with E-state index in [1.807, 2.05) is 12.2 Å². The van der Waals surface area contributed by atoms with Crippen molar-refractivity contribution in [3.05, 3.63) is 12.2 Å². The fraction of sp³-hybridized carbons (Fsp3) is 0.714. The Morgan fingerprint density at radius 3 is 2.37 bits per heavy atom. The summed E-state index contributed by atoms with van der Waals surface area (Å²) in [5, 5.41) is 19.0. The van der Waals surface area contributed by atoms with Crippen molar-refractivity contribution >= 4 is 11.9 Å². The zero-order chi connectivity index (χ0) is 13.6. The Balaban J connectivity index is 1.72. The summed E-state index contributed by atoms with van der Waals surface area (Å²) in [5.74, 6) is -2.69. The molecule has 2 bridgehead atoms. The van der Waals surface area contributed by atoms with E-state index in [2.05, 4.69) is 0 Å². The molecular weight excluding hydrogens is 248 g/mol. The van der Waals surface area contributed by atoms with Gasteiger partial charge in [0.2, 0.25) is 0 Å². The summed E-state index contributed by atoms with van der Waals surface area (Å²) in [4.78, 5) is 23.5. The lowest BCUT2D eigenvalue weighted by Crippen LogP contribution is -2.37. The highest BCUT2D eigenvalue weighted by Gasteiger charge is 2.53. The minimum atomic E-state index is -0.925. The van der Waals surface area contributed by atoms with Crippen molar-refractivity contribution in [2.75, 3.05) is 0 Å². The van der Waals surface area contributed by atoms with E-state index in [1.54, 1.807) is 0 Å². The highest BCUT2D eigenvalue weighted by atomic mass is 16.6. The maximum absolute atomic E-state index is 12.2. The first-order valence-electron chi connectivity index (χ1n) is 6.87. The van der Waals surface area contributed by atoms with Gasteiger partial charge in [-0.25, -0.2) is 0 Å². The third-order valence-corrected chi connectivity index (χ3v) is 4.70. The van der Waals surface area contributed by atoms with Gasteiger partial charge in [0.05, 0.1) is 17.9 Å². The average Bonchev–Trinajstić information content (AvgIpc) is 3.04. The first kappa shape index (κ1) is 12.7. The number of carbonyl (C=O) groups is 2. The Labute approximate surface area is 111 Å². The molecule has 0 amide bonds. The van der Waals surface area contributed by atoms with E-state index >= 15 is 0 Å². The summed E-state index contributed by atoms with van der Waals surface area (Å²) in [6.45, 7) is 0. The smallest absolute Gasteiger partial charge is 0.310 e. The number of allylic oxidation sites excluding steroid dienone is 2. The van der Waals surface area contributed by atoms with Gasteiger partial charge in [0, 0.05) is 0 Å². The van der Waals surface area contributed by atoms with Gasteiger partial charge in [0.25, 0.3) is 0 Å². The summed E-state index contributed by atoms with van der Waals surface area (Å²) in [6.07, 6.45) is 5.67. The van der Waals surface area contributed by atoms with Crippen molar-refractivity contribution in [1.29, 1.82) is 0 Å². The molecule has 0 aromatic heterocycles. The summed E-state index contributed by atoms with van der Waals surface area (Å²) in [7, 11) is 0. The van der Waals surface area contributed by atoms with Gasteiger partial charge in [-0.1, -0.05) is 12.2 Å². The molecule has 0 aromatic carbocycles. The number of rotatable bonds is 3. The SMILES string of the molecule is O=C(O)C1C2C=CC(C2)C1C(=O)OC1CCCC1O. The van der Waals surface area contributed by atoms with Gasteiger partial charge in [-0.3, -0.25) is 9.59 Å². The normalized spacial score (nSPS) is 43.6. The number of aliphatic carboxylic acids is 1. The van der Waals surface area contributed by atoms with Crippen LogP contribution in [0.3, 0.4) is 0 Å². The number of esters is 1. The number of fused-ring (bicyclic) bond motifs is 2. The molecule has 2 saturated carbocycles. The van der Waals surface area contributed by atoms with Gasteiger partial charge < -0.3 is 14.9 Å². The zero-order valence-corrected chi connectivity index (χ0v) is 10.6. The van der Waals surface area contributed by atoms with Crippen LogP contribution >= 0.6 is 0 Å². The second-order valence-electron chi connectivity index (χ2n) is 5.81. The van der Waals surface area contributed by atoms with Crippen LogP contribution < -0.4 is 0 Å². The van der Waals surface area contributed by atoms with Gasteiger partial charge in [-0.2, -0.15) is 0 Å². The first-order chi connectivity index (χ1) is 9.08. The maximum atomic E-state index is 12.2. The van der Waals surface area contributed by atoms with Crippen molar-refractivity contribution in [3.8, 4) is 0 Å². The molecule has 0 radical (unpaired) electrons. The Morgan fingerprint density at radius 1 is 1.11 bits per heavy atom. The molecule has 0 aliphatic heterocycles. The molecule has 6 atom stereocenters. The van der Waals surface area contributed by atoms with Crippen molar-refractivity contribution in [2.24, 2.45) is 23.7 Å². The van der Waals surface area contributed by atoms with E-state index in [1.165, 1.54) is 0 Å². The van der Waals surface area contributed by atoms with E-state index in [9.17, 15) is 19.8 Å². The molecule has 2 fully saturated rings. The molecule has 5 nitrogen and oxygen atoms in total. The second kappa shape index (κ2) is 4.63. The molecule has 19 heavy (non-hydrogen) atoms. The van der Waals surface area contributed by atoms with E-state index in [0.717, 1.165) is 12.8 Å². The molecular formula is C14H18O5. The molecule has 3 aliphatic rings. The molecule has 5 heteroatoms. The van der Waals surface area contributed by atoms with Crippen LogP contribution in [0.5, 0.6) is 0 Å². The molecule has 0 saturated heterocycles. The van der Waals surface area contributed by atoms with E-state index in [4.69, 9.17) is 4.74 Å². The highest BCUT2D eigenvalue weighted by molar-refractivity contribution is 5.83. The number of carbonyl (C=O) groups excluding carboxylic acids is 1. The predicted molar refractivity (Wildman–Crippen MR) is 65.1 cm³/mol. The van der Waals surface area contributed by atoms with E-state index < -0.39 is 36.0 Å². The van der Waals surface area contributed by atoms with Crippen molar-refractivity contribution < 1.29 is 24.5 Å². The van der Waals surface area contributed by atoms with Crippen LogP contribution in [0.25, 0.3) is 0 Å². The number of carboxylic acid groups (broad SMARTS) is 1. The number of carboxylic acids is 1. The van der Waals surface area contributed by atoms with Gasteiger partial charge in [0.1, 0.15) is 6.10 Å². The Morgan fingerprint density at radius 2 is 1.79 bits per heavy atom. The number of aliphatic hydroxyl groups is 1. The van der Waals surface area contributed by atoms with Crippen LogP contribution in [-0.4, -0.2) is 34.4 Å². The van der Waals surface area contributed by atoms with Gasteiger partial charge >= 0.3 is 11.9 Å². The molecule has 2 N–H and O–H groups in total. The third kappa shape index (κ3) is 2.06. The van der Waals surface area contributed by atoms with Gasteiger partial charge in [-0.15, -0.1) is 0 Å². The minimum absolute atomic E-state index is 0.0165. The van der Waals surface area contributed by atoms with E-state index in [-0.39, 0.29) is 11.8 Å². The van der Waals surface area contributed by atoms with Gasteiger partial charge in [-0.05, 0) is 37.5 Å². The summed E-state index contributed by atoms with van der Waals surface area (Å²) < 4.78 is 5.35. The molecule has 0 aromatic rings. The van der Waals surface area contributed by atoms with Crippen molar-refractivity contribution in [3.63, 3.8) is 0 Å². The fourth-order valence-corrected chi connectivity index (χ4v) is 3.75. The quantitative estimate of drug-likeness (QED) is 0.587. The Hall–Kier alpha value is -1.36. The van der Waals surface area contributed by atoms with Crippen LogP contribution in [0, 0.1) is 23.7 Å². The standard InChI is InChI=1S/C14H18O5/c15-9-2-1-3-10(9)19-14(18)12-8-5-4-7(6-8)11(12)13(16)17/h4-5,7-12,15H,1-3,6H2,(H,16,17). The summed E-state index contributed by atoms with van der Waals surface area (Å²) >= 11 is 0. The monoisotopic (exact) mass is 266 g/mol. The third-order valence-electron chi connectivity index (χ3n) is 4.70. The lowest BCUT2D eigenvalue weighted by Gasteiger charge is -2.25. The van der Waals surface area contributed by atoms with Crippen LogP contribution in [0.2, 0.25) is 0 Å². The number of ether oxygens (including phenoxy) is 1.